The first kappa shape index (κ1) is 30.1. The molecule has 1 amide bonds. The second-order valence-corrected chi connectivity index (χ2v) is 12.0. The van der Waals surface area contributed by atoms with E-state index in [1.54, 1.807) is 0 Å². The minimum atomic E-state index is -0.171. The van der Waals surface area contributed by atoms with E-state index in [-0.39, 0.29) is 23.5 Å². The van der Waals surface area contributed by atoms with Crippen LogP contribution in [0.25, 0.3) is 0 Å². The Morgan fingerprint density at radius 1 is 0.644 bits per heavy atom. The molecule has 1 aliphatic rings. The van der Waals surface area contributed by atoms with Crippen molar-refractivity contribution in [3.63, 3.8) is 0 Å². The van der Waals surface area contributed by atoms with Crippen molar-refractivity contribution in [3.05, 3.63) is 173 Å². The fourth-order valence-corrected chi connectivity index (χ4v) is 6.55. The largest absolute Gasteiger partial charge is 0.372 e. The molecule has 45 heavy (non-hydrogen) atoms. The van der Waals surface area contributed by atoms with E-state index in [1.807, 2.05) is 84.9 Å². The van der Waals surface area contributed by atoms with Gasteiger partial charge in [-0.05, 0) is 65.1 Å². The Morgan fingerprint density at radius 3 is 1.89 bits per heavy atom. The highest BCUT2D eigenvalue weighted by Gasteiger charge is 2.32. The van der Waals surface area contributed by atoms with Crippen molar-refractivity contribution in [1.82, 2.24) is 5.32 Å². The molecule has 0 aromatic heterocycles. The zero-order chi connectivity index (χ0) is 30.8. The molecule has 0 radical (unpaired) electrons. The summed E-state index contributed by atoms with van der Waals surface area (Å²) in [4.78, 5) is 29.3. The van der Waals surface area contributed by atoms with Crippen LogP contribution in [0.15, 0.2) is 140 Å². The van der Waals surface area contributed by atoms with E-state index in [0.29, 0.717) is 13.0 Å². The number of nitrogens with zero attached hydrogens (tertiary/aromatic N) is 1. The lowest BCUT2D eigenvalue weighted by Gasteiger charge is -2.37. The van der Waals surface area contributed by atoms with Crippen LogP contribution in [0.2, 0.25) is 0 Å². The molecule has 1 N–H and O–H groups in total. The normalized spacial score (nSPS) is 14.1. The maximum atomic E-state index is 13.6. The summed E-state index contributed by atoms with van der Waals surface area (Å²) in [6.45, 7) is 2.32. The van der Waals surface area contributed by atoms with E-state index in [1.165, 1.54) is 11.3 Å². The number of amides is 1. The number of carbonyl (C=O) groups excluding carboxylic acids is 2. The number of rotatable bonds is 11. The van der Waals surface area contributed by atoms with Crippen LogP contribution >= 0.6 is 0 Å². The van der Waals surface area contributed by atoms with Crippen LogP contribution in [-0.2, 0) is 24.2 Å². The van der Waals surface area contributed by atoms with Crippen LogP contribution in [0.5, 0.6) is 0 Å². The van der Waals surface area contributed by atoms with Crippen LogP contribution in [-0.4, -0.2) is 24.8 Å². The van der Waals surface area contributed by atoms with Crippen molar-refractivity contribution in [2.24, 2.45) is 5.92 Å². The van der Waals surface area contributed by atoms with Crippen LogP contribution in [0.3, 0.4) is 0 Å². The number of hydrogen-bond acceptors (Lipinski definition) is 3. The summed E-state index contributed by atoms with van der Waals surface area (Å²) in [7, 11) is 0. The van der Waals surface area contributed by atoms with Gasteiger partial charge in [-0.1, -0.05) is 127 Å². The first-order valence-electron chi connectivity index (χ1n) is 16.0. The molecule has 0 spiro atoms. The van der Waals surface area contributed by atoms with Gasteiger partial charge in [0.15, 0.2) is 5.78 Å². The van der Waals surface area contributed by atoms with Gasteiger partial charge in [0.25, 0.3) is 0 Å². The Bertz CT molecular complexity index is 1680. The van der Waals surface area contributed by atoms with Gasteiger partial charge in [-0.15, -0.1) is 0 Å². The average molecular weight is 593 g/mol. The molecule has 4 heteroatoms. The van der Waals surface area contributed by atoms with E-state index in [0.717, 1.165) is 60.2 Å². The van der Waals surface area contributed by atoms with Crippen LogP contribution < -0.4 is 10.2 Å². The van der Waals surface area contributed by atoms with Crippen LogP contribution in [0, 0.1) is 5.92 Å². The quantitative estimate of drug-likeness (QED) is 0.158. The molecule has 226 valence electrons. The van der Waals surface area contributed by atoms with Crippen molar-refractivity contribution in [2.75, 3.05) is 18.0 Å². The average Bonchev–Trinajstić information content (AvgIpc) is 3.10. The predicted octanol–water partition coefficient (Wildman–Crippen LogP) is 8.02. The fourth-order valence-electron chi connectivity index (χ4n) is 6.55. The Balaban J connectivity index is 1.07. The summed E-state index contributed by atoms with van der Waals surface area (Å²) in [6.07, 6.45) is 3.01. The van der Waals surface area contributed by atoms with Crippen molar-refractivity contribution in [1.29, 1.82) is 0 Å². The number of ketones is 1. The zero-order valence-electron chi connectivity index (χ0n) is 25.6. The van der Waals surface area contributed by atoms with Crippen LogP contribution in [0.1, 0.15) is 56.9 Å². The van der Waals surface area contributed by atoms with Gasteiger partial charge in [0, 0.05) is 37.3 Å². The maximum absolute atomic E-state index is 13.6. The monoisotopic (exact) mass is 592 g/mol. The third-order valence-corrected chi connectivity index (χ3v) is 8.98. The molecule has 1 heterocycles. The number of Topliss-reactive ketones (excluding diaryl/α,β-unsaturated/α-hetero) is 1. The highest BCUT2D eigenvalue weighted by atomic mass is 16.2. The number of anilines is 1. The first-order chi connectivity index (χ1) is 22.1. The Labute approximate surface area is 266 Å². The predicted molar refractivity (Wildman–Crippen MR) is 183 cm³/mol. The Morgan fingerprint density at radius 2 is 1.22 bits per heavy atom. The zero-order valence-corrected chi connectivity index (χ0v) is 25.6. The minimum Gasteiger partial charge on any atom is -0.372 e. The second kappa shape index (κ2) is 14.7. The van der Waals surface area contributed by atoms with Crippen LogP contribution in [0.4, 0.5) is 5.69 Å². The molecular formula is C41H40N2O2. The molecule has 1 atom stereocenters. The lowest BCUT2D eigenvalue weighted by atomic mass is 9.79. The molecular weight excluding hydrogens is 552 g/mol. The van der Waals surface area contributed by atoms with Crippen molar-refractivity contribution >= 4 is 17.4 Å². The molecule has 0 bridgehead atoms. The minimum absolute atomic E-state index is 0.0999. The Kier molecular flexibility index (Phi) is 9.81. The lowest BCUT2D eigenvalue weighted by molar-refractivity contribution is -0.124. The SMILES string of the molecule is O=C(Cc1ccc(N2CCC(C(C(=O)NCc3ccccc3)c3ccccc3)CC2)cc1)c1ccccc1Cc1ccccc1. The molecule has 4 nitrogen and oxygen atoms in total. The van der Waals surface area contributed by atoms with Gasteiger partial charge in [0.1, 0.15) is 0 Å². The molecule has 5 aromatic carbocycles. The number of benzene rings is 5. The highest BCUT2D eigenvalue weighted by molar-refractivity contribution is 5.99. The molecule has 6 rings (SSSR count). The number of carbonyl (C=O) groups is 2. The molecule has 0 saturated carbocycles. The van der Waals surface area contributed by atoms with E-state index < -0.39 is 0 Å². The molecule has 1 aliphatic heterocycles. The van der Waals surface area contributed by atoms with Crippen molar-refractivity contribution < 1.29 is 9.59 Å². The number of hydrogen-bond donors (Lipinski definition) is 1. The van der Waals surface area contributed by atoms with Gasteiger partial charge in [-0.2, -0.15) is 0 Å². The summed E-state index contributed by atoms with van der Waals surface area (Å²) in [5.41, 5.74) is 7.44. The third kappa shape index (κ3) is 7.77. The summed E-state index contributed by atoms with van der Waals surface area (Å²) in [6, 6.07) is 47.0. The van der Waals surface area contributed by atoms with E-state index >= 15 is 0 Å². The third-order valence-electron chi connectivity index (χ3n) is 8.98. The van der Waals surface area contributed by atoms with Gasteiger partial charge in [-0.3, -0.25) is 9.59 Å². The second-order valence-electron chi connectivity index (χ2n) is 12.0. The van der Waals surface area contributed by atoms with E-state index in [9.17, 15) is 9.59 Å². The smallest absolute Gasteiger partial charge is 0.228 e. The maximum Gasteiger partial charge on any atom is 0.228 e. The van der Waals surface area contributed by atoms with Crippen molar-refractivity contribution in [3.8, 4) is 0 Å². The molecule has 1 unspecified atom stereocenters. The standard InChI is InChI=1S/C41H40N2O2/c44-39(38-19-11-10-18-36(38)28-31-12-4-1-5-13-31)29-32-20-22-37(23-21-32)43-26-24-35(25-27-43)40(34-16-8-3-9-17-34)41(45)42-30-33-14-6-2-7-15-33/h1-23,35,40H,24-30H2,(H,42,45). The topological polar surface area (TPSA) is 49.4 Å². The molecule has 5 aromatic rings. The summed E-state index contributed by atoms with van der Waals surface area (Å²) in [5.74, 6) is 0.345. The van der Waals surface area contributed by atoms with Gasteiger partial charge in [0.05, 0.1) is 5.92 Å². The van der Waals surface area contributed by atoms with Crippen molar-refractivity contribution in [2.45, 2.75) is 38.1 Å². The first-order valence-corrected chi connectivity index (χ1v) is 16.0. The molecule has 1 saturated heterocycles. The lowest BCUT2D eigenvalue weighted by Crippen LogP contribution is -2.40. The number of nitrogens with one attached hydrogen (secondary N) is 1. The van der Waals surface area contributed by atoms with Gasteiger partial charge < -0.3 is 10.2 Å². The van der Waals surface area contributed by atoms with Gasteiger partial charge in [-0.25, -0.2) is 0 Å². The summed E-state index contributed by atoms with van der Waals surface area (Å²) >= 11 is 0. The fraction of sp³-hybridized carbons (Fsp3) is 0.220. The van der Waals surface area contributed by atoms with E-state index in [4.69, 9.17) is 0 Å². The number of piperidine rings is 1. The highest BCUT2D eigenvalue weighted by Crippen LogP contribution is 2.35. The molecule has 0 aliphatic carbocycles. The van der Waals surface area contributed by atoms with Gasteiger partial charge in [0.2, 0.25) is 5.91 Å². The summed E-state index contributed by atoms with van der Waals surface area (Å²) < 4.78 is 0. The van der Waals surface area contributed by atoms with Gasteiger partial charge >= 0.3 is 0 Å². The Hall–Kier alpha value is -4.96. The molecule has 1 fully saturated rings. The summed E-state index contributed by atoms with van der Waals surface area (Å²) in [5, 5.41) is 3.21. The van der Waals surface area contributed by atoms with E-state index in [2.05, 4.69) is 64.8 Å².